The first-order valence-corrected chi connectivity index (χ1v) is 6.91. The second kappa shape index (κ2) is 5.55. The topological polar surface area (TPSA) is 66.9 Å². The first-order valence-electron chi connectivity index (χ1n) is 6.91. The van der Waals surface area contributed by atoms with Gasteiger partial charge in [-0.3, -0.25) is 4.79 Å². The smallest absolute Gasteiger partial charge is 0.271 e. The normalized spacial score (nSPS) is 16.2. The molecule has 1 aromatic heterocycles. The van der Waals surface area contributed by atoms with Crippen LogP contribution in [0.3, 0.4) is 0 Å². The molecule has 2 rings (SSSR count). The summed E-state index contributed by atoms with van der Waals surface area (Å²) in [5.41, 5.74) is 0.688. The van der Waals surface area contributed by atoms with E-state index >= 15 is 0 Å². The Morgan fingerprint density at radius 1 is 1.37 bits per heavy atom. The Bertz CT molecular complexity index is 437. The number of carbonyl (C=O) groups excluding carboxylic acids is 1. The van der Waals surface area contributed by atoms with Crippen molar-refractivity contribution in [3.05, 3.63) is 18.1 Å². The Morgan fingerprint density at radius 2 is 2.11 bits per heavy atom. The van der Waals surface area contributed by atoms with Crippen LogP contribution in [0.2, 0.25) is 0 Å². The first kappa shape index (κ1) is 13.8. The van der Waals surface area contributed by atoms with E-state index in [9.17, 15) is 4.79 Å². The fourth-order valence-electron chi connectivity index (χ4n) is 2.18. The van der Waals surface area contributed by atoms with Crippen molar-refractivity contribution in [1.82, 2.24) is 15.3 Å². The van der Waals surface area contributed by atoms with Gasteiger partial charge in [0.2, 0.25) is 0 Å². The largest absolute Gasteiger partial charge is 0.369 e. The number of amides is 1. The molecule has 1 saturated carbocycles. The average molecular weight is 262 g/mol. The maximum absolute atomic E-state index is 12.0. The molecule has 0 spiro atoms. The third-order valence-electron chi connectivity index (χ3n) is 3.96. The first-order chi connectivity index (χ1) is 9.07. The standard InChI is InChI=1S/C14H22N4O/c1-4-15-12-8-16-11(7-17-12)13(19)18-9-14(5-6-14)10(2)3/h7-8,10H,4-6,9H2,1-3H3,(H,15,17)(H,18,19). The van der Waals surface area contributed by atoms with Crippen LogP contribution in [0.25, 0.3) is 0 Å². The van der Waals surface area contributed by atoms with Crippen LogP contribution in [-0.2, 0) is 0 Å². The van der Waals surface area contributed by atoms with Crippen LogP contribution in [0.15, 0.2) is 12.4 Å². The van der Waals surface area contributed by atoms with E-state index in [2.05, 4.69) is 34.4 Å². The van der Waals surface area contributed by atoms with Crippen molar-refractivity contribution < 1.29 is 4.79 Å². The van der Waals surface area contributed by atoms with Gasteiger partial charge < -0.3 is 10.6 Å². The molecule has 104 valence electrons. The molecule has 0 radical (unpaired) electrons. The van der Waals surface area contributed by atoms with Crippen molar-refractivity contribution in [3.63, 3.8) is 0 Å². The molecule has 1 fully saturated rings. The zero-order valence-corrected chi connectivity index (χ0v) is 11.9. The van der Waals surface area contributed by atoms with Crippen molar-refractivity contribution in [2.75, 3.05) is 18.4 Å². The van der Waals surface area contributed by atoms with Gasteiger partial charge in [0.05, 0.1) is 12.4 Å². The van der Waals surface area contributed by atoms with Crippen molar-refractivity contribution in [2.24, 2.45) is 11.3 Å². The fraction of sp³-hybridized carbons (Fsp3) is 0.643. The van der Waals surface area contributed by atoms with Crippen molar-refractivity contribution in [3.8, 4) is 0 Å². The summed E-state index contributed by atoms with van der Waals surface area (Å²) in [6.07, 6.45) is 5.52. The molecular weight excluding hydrogens is 240 g/mol. The molecule has 0 unspecified atom stereocenters. The maximum atomic E-state index is 12.0. The van der Waals surface area contributed by atoms with E-state index in [1.54, 1.807) is 6.20 Å². The van der Waals surface area contributed by atoms with Gasteiger partial charge in [-0.05, 0) is 31.1 Å². The number of rotatable bonds is 6. The molecule has 5 heteroatoms. The van der Waals surface area contributed by atoms with Gasteiger partial charge in [0.1, 0.15) is 11.5 Å². The van der Waals surface area contributed by atoms with Gasteiger partial charge in [0.25, 0.3) is 5.91 Å². The van der Waals surface area contributed by atoms with Crippen LogP contribution < -0.4 is 10.6 Å². The zero-order chi connectivity index (χ0) is 13.9. The van der Waals surface area contributed by atoms with Crippen LogP contribution in [0.4, 0.5) is 5.82 Å². The molecule has 0 saturated heterocycles. The van der Waals surface area contributed by atoms with Gasteiger partial charge in [-0.1, -0.05) is 13.8 Å². The highest BCUT2D eigenvalue weighted by Gasteiger charge is 2.45. The second-order valence-electron chi connectivity index (χ2n) is 5.52. The third kappa shape index (κ3) is 3.22. The molecule has 2 N–H and O–H groups in total. The molecule has 5 nitrogen and oxygen atoms in total. The summed E-state index contributed by atoms with van der Waals surface area (Å²) >= 11 is 0. The zero-order valence-electron chi connectivity index (χ0n) is 11.9. The molecule has 1 heterocycles. The lowest BCUT2D eigenvalue weighted by Gasteiger charge is -2.19. The molecule has 0 aliphatic heterocycles. The molecule has 1 aliphatic rings. The minimum atomic E-state index is -0.137. The second-order valence-corrected chi connectivity index (χ2v) is 5.52. The van der Waals surface area contributed by atoms with E-state index in [0.29, 0.717) is 22.8 Å². The molecule has 1 aromatic rings. The number of anilines is 1. The summed E-state index contributed by atoms with van der Waals surface area (Å²) in [5.74, 6) is 1.16. The number of nitrogens with zero attached hydrogens (tertiary/aromatic N) is 2. The van der Waals surface area contributed by atoms with Crippen molar-refractivity contribution in [2.45, 2.75) is 33.6 Å². The Labute approximate surface area is 114 Å². The van der Waals surface area contributed by atoms with Gasteiger partial charge in [0, 0.05) is 13.1 Å². The minimum absolute atomic E-state index is 0.137. The number of nitrogens with one attached hydrogen (secondary N) is 2. The average Bonchev–Trinajstić information content (AvgIpc) is 3.18. The van der Waals surface area contributed by atoms with E-state index in [0.717, 1.165) is 13.1 Å². The van der Waals surface area contributed by atoms with Gasteiger partial charge in [-0.15, -0.1) is 0 Å². The molecule has 0 bridgehead atoms. The predicted molar refractivity (Wildman–Crippen MR) is 75.0 cm³/mol. The van der Waals surface area contributed by atoms with Crippen molar-refractivity contribution >= 4 is 11.7 Å². The van der Waals surface area contributed by atoms with Gasteiger partial charge in [-0.2, -0.15) is 0 Å². The minimum Gasteiger partial charge on any atom is -0.369 e. The quantitative estimate of drug-likeness (QED) is 0.823. The highest BCUT2D eigenvalue weighted by atomic mass is 16.1. The van der Waals surface area contributed by atoms with Crippen molar-refractivity contribution in [1.29, 1.82) is 0 Å². The van der Waals surface area contributed by atoms with Crippen LogP contribution in [-0.4, -0.2) is 29.0 Å². The lowest BCUT2D eigenvalue weighted by molar-refractivity contribution is 0.0934. The van der Waals surface area contributed by atoms with E-state index in [1.165, 1.54) is 19.0 Å². The summed E-state index contributed by atoms with van der Waals surface area (Å²) in [7, 11) is 0. The van der Waals surface area contributed by atoms with Crippen LogP contribution >= 0.6 is 0 Å². The summed E-state index contributed by atoms with van der Waals surface area (Å²) < 4.78 is 0. The van der Waals surface area contributed by atoms with Gasteiger partial charge in [-0.25, -0.2) is 9.97 Å². The summed E-state index contributed by atoms with van der Waals surface area (Å²) in [4.78, 5) is 20.3. The summed E-state index contributed by atoms with van der Waals surface area (Å²) in [5, 5.41) is 6.02. The fourth-order valence-corrected chi connectivity index (χ4v) is 2.18. The van der Waals surface area contributed by atoms with Crippen LogP contribution in [0.5, 0.6) is 0 Å². The Kier molecular flexibility index (Phi) is 4.02. The molecule has 19 heavy (non-hydrogen) atoms. The molecule has 1 amide bonds. The third-order valence-corrected chi connectivity index (χ3v) is 3.96. The van der Waals surface area contributed by atoms with Crippen LogP contribution in [0, 0.1) is 11.3 Å². The van der Waals surface area contributed by atoms with Gasteiger partial charge >= 0.3 is 0 Å². The van der Waals surface area contributed by atoms with E-state index in [1.807, 2.05) is 6.92 Å². The Hall–Kier alpha value is -1.65. The lowest BCUT2D eigenvalue weighted by Crippen LogP contribution is -2.33. The van der Waals surface area contributed by atoms with E-state index in [4.69, 9.17) is 0 Å². The molecule has 1 aliphatic carbocycles. The summed E-state index contributed by atoms with van der Waals surface area (Å²) in [6.45, 7) is 7.94. The molecule has 0 atom stereocenters. The number of aromatic nitrogens is 2. The number of hydrogen-bond acceptors (Lipinski definition) is 4. The number of carbonyl (C=O) groups is 1. The lowest BCUT2D eigenvalue weighted by atomic mass is 9.92. The molecule has 0 aromatic carbocycles. The highest BCUT2D eigenvalue weighted by Crippen LogP contribution is 2.51. The highest BCUT2D eigenvalue weighted by molar-refractivity contribution is 5.92. The SMILES string of the molecule is CCNc1cnc(C(=O)NCC2(C(C)C)CC2)cn1. The predicted octanol–water partition coefficient (Wildman–Crippen LogP) is 2.07. The van der Waals surface area contributed by atoms with Crippen LogP contribution in [0.1, 0.15) is 44.1 Å². The van der Waals surface area contributed by atoms with E-state index < -0.39 is 0 Å². The van der Waals surface area contributed by atoms with E-state index in [-0.39, 0.29) is 5.91 Å². The maximum Gasteiger partial charge on any atom is 0.271 e. The monoisotopic (exact) mass is 262 g/mol. The number of hydrogen-bond donors (Lipinski definition) is 2. The summed E-state index contributed by atoms with van der Waals surface area (Å²) in [6, 6.07) is 0. The van der Waals surface area contributed by atoms with Gasteiger partial charge in [0.15, 0.2) is 0 Å². The molecular formula is C14H22N4O. The Balaban J connectivity index is 1.89. The Morgan fingerprint density at radius 3 is 2.58 bits per heavy atom.